The lowest BCUT2D eigenvalue weighted by atomic mass is 10.0. The standard InChI is InChI=1S/C9H18N2O3/c1-5(2)7(9(13)14-4)11-8(12)6(3)10/h5-7H,10H2,1-4H3,(H,11,12)/t6?,7-/m0/s1. The van der Waals surface area contributed by atoms with E-state index >= 15 is 0 Å². The van der Waals surface area contributed by atoms with Crippen LogP contribution in [0.5, 0.6) is 0 Å². The number of nitrogens with two attached hydrogens (primary N) is 1. The Balaban J connectivity index is 4.38. The second-order valence-electron chi connectivity index (χ2n) is 3.54. The average molecular weight is 202 g/mol. The molecule has 0 radical (unpaired) electrons. The molecular weight excluding hydrogens is 184 g/mol. The van der Waals surface area contributed by atoms with Crippen LogP contribution in [-0.2, 0) is 14.3 Å². The summed E-state index contributed by atoms with van der Waals surface area (Å²) in [7, 11) is 1.29. The number of nitrogens with one attached hydrogen (secondary N) is 1. The predicted octanol–water partition coefficient (Wildman–Crippen LogP) is -0.353. The van der Waals surface area contributed by atoms with Crippen molar-refractivity contribution in [2.75, 3.05) is 7.11 Å². The van der Waals surface area contributed by atoms with Crippen LogP contribution in [0.2, 0.25) is 0 Å². The van der Waals surface area contributed by atoms with Crippen molar-refractivity contribution in [2.24, 2.45) is 11.7 Å². The van der Waals surface area contributed by atoms with Gasteiger partial charge in [-0.1, -0.05) is 13.8 Å². The summed E-state index contributed by atoms with van der Waals surface area (Å²) in [5.74, 6) is -0.826. The summed E-state index contributed by atoms with van der Waals surface area (Å²) in [5.41, 5.74) is 5.36. The van der Waals surface area contributed by atoms with Crippen molar-refractivity contribution in [1.82, 2.24) is 5.32 Å². The van der Waals surface area contributed by atoms with Gasteiger partial charge < -0.3 is 15.8 Å². The lowest BCUT2D eigenvalue weighted by molar-refractivity contribution is -0.146. The van der Waals surface area contributed by atoms with E-state index in [4.69, 9.17) is 5.73 Å². The molecule has 0 rings (SSSR count). The van der Waals surface area contributed by atoms with Gasteiger partial charge in [-0.3, -0.25) is 4.79 Å². The van der Waals surface area contributed by atoms with E-state index in [9.17, 15) is 9.59 Å². The van der Waals surface area contributed by atoms with Gasteiger partial charge in [-0.2, -0.15) is 0 Å². The molecule has 3 N–H and O–H groups in total. The van der Waals surface area contributed by atoms with Gasteiger partial charge in [0.05, 0.1) is 13.2 Å². The molecule has 1 amide bonds. The van der Waals surface area contributed by atoms with Gasteiger partial charge in [0.25, 0.3) is 0 Å². The number of carbonyl (C=O) groups excluding carboxylic acids is 2. The predicted molar refractivity (Wildman–Crippen MR) is 52.4 cm³/mol. The molecule has 0 aromatic carbocycles. The molecule has 0 aliphatic heterocycles. The molecule has 0 spiro atoms. The third-order valence-electron chi connectivity index (χ3n) is 1.83. The molecule has 0 bridgehead atoms. The molecule has 0 saturated carbocycles. The minimum atomic E-state index is -0.626. The molecular formula is C9H18N2O3. The van der Waals surface area contributed by atoms with E-state index in [1.807, 2.05) is 13.8 Å². The van der Waals surface area contributed by atoms with Crippen molar-refractivity contribution in [2.45, 2.75) is 32.9 Å². The van der Waals surface area contributed by atoms with Gasteiger partial charge in [-0.15, -0.1) is 0 Å². The second-order valence-corrected chi connectivity index (χ2v) is 3.54. The van der Waals surface area contributed by atoms with Crippen LogP contribution in [0.3, 0.4) is 0 Å². The molecule has 1 unspecified atom stereocenters. The maximum Gasteiger partial charge on any atom is 0.328 e. The van der Waals surface area contributed by atoms with Gasteiger partial charge in [0, 0.05) is 0 Å². The number of ether oxygens (including phenoxy) is 1. The zero-order valence-corrected chi connectivity index (χ0v) is 9.03. The van der Waals surface area contributed by atoms with Crippen LogP contribution in [0, 0.1) is 5.92 Å². The number of methoxy groups -OCH3 is 1. The fraction of sp³-hybridized carbons (Fsp3) is 0.778. The lowest BCUT2D eigenvalue weighted by Crippen LogP contribution is -2.50. The number of hydrogen-bond acceptors (Lipinski definition) is 4. The number of amides is 1. The van der Waals surface area contributed by atoms with Crippen LogP contribution in [0.1, 0.15) is 20.8 Å². The summed E-state index contributed by atoms with van der Waals surface area (Å²) in [5, 5.41) is 2.53. The topological polar surface area (TPSA) is 81.4 Å². The van der Waals surface area contributed by atoms with Gasteiger partial charge in [0.2, 0.25) is 5.91 Å². The number of hydrogen-bond donors (Lipinski definition) is 2. The largest absolute Gasteiger partial charge is 0.467 e. The van der Waals surface area contributed by atoms with Gasteiger partial charge in [0.15, 0.2) is 0 Å². The Bertz CT molecular complexity index is 214. The number of esters is 1. The maximum absolute atomic E-state index is 11.2. The van der Waals surface area contributed by atoms with E-state index in [0.717, 1.165) is 0 Å². The van der Waals surface area contributed by atoms with E-state index in [-0.39, 0.29) is 11.8 Å². The molecule has 5 nitrogen and oxygen atoms in total. The summed E-state index contributed by atoms with van der Waals surface area (Å²) in [4.78, 5) is 22.5. The quantitative estimate of drug-likeness (QED) is 0.610. The zero-order chi connectivity index (χ0) is 11.3. The molecule has 14 heavy (non-hydrogen) atoms. The molecule has 0 aliphatic carbocycles. The number of carbonyl (C=O) groups is 2. The van der Waals surface area contributed by atoms with E-state index in [2.05, 4.69) is 10.1 Å². The Morgan fingerprint density at radius 3 is 2.07 bits per heavy atom. The molecule has 0 fully saturated rings. The minimum absolute atomic E-state index is 0.0230. The van der Waals surface area contributed by atoms with Crippen molar-refractivity contribution in [3.8, 4) is 0 Å². The highest BCUT2D eigenvalue weighted by Gasteiger charge is 2.25. The minimum Gasteiger partial charge on any atom is -0.467 e. The highest BCUT2D eigenvalue weighted by Crippen LogP contribution is 2.03. The molecule has 82 valence electrons. The van der Waals surface area contributed by atoms with Crippen LogP contribution in [0.15, 0.2) is 0 Å². The molecule has 5 heteroatoms. The first-order valence-electron chi connectivity index (χ1n) is 4.54. The lowest BCUT2D eigenvalue weighted by Gasteiger charge is -2.20. The van der Waals surface area contributed by atoms with Gasteiger partial charge >= 0.3 is 5.97 Å². The van der Waals surface area contributed by atoms with E-state index in [1.165, 1.54) is 7.11 Å². The Morgan fingerprint density at radius 2 is 1.79 bits per heavy atom. The molecule has 0 saturated heterocycles. The van der Waals surface area contributed by atoms with Crippen LogP contribution in [0.4, 0.5) is 0 Å². The van der Waals surface area contributed by atoms with Crippen LogP contribution in [-0.4, -0.2) is 31.1 Å². The third-order valence-corrected chi connectivity index (χ3v) is 1.83. The third kappa shape index (κ3) is 3.74. The fourth-order valence-electron chi connectivity index (χ4n) is 0.909. The maximum atomic E-state index is 11.2. The SMILES string of the molecule is COC(=O)[C@@H](NC(=O)C(C)N)C(C)C. The Kier molecular flexibility index (Phi) is 5.15. The average Bonchev–Trinajstić information content (AvgIpc) is 2.11. The first kappa shape index (κ1) is 12.9. The van der Waals surface area contributed by atoms with Gasteiger partial charge in [-0.05, 0) is 12.8 Å². The van der Waals surface area contributed by atoms with Crippen molar-refractivity contribution < 1.29 is 14.3 Å². The van der Waals surface area contributed by atoms with Crippen molar-refractivity contribution >= 4 is 11.9 Å². The number of rotatable bonds is 4. The summed E-state index contributed by atoms with van der Waals surface area (Å²) >= 11 is 0. The van der Waals surface area contributed by atoms with Crippen molar-refractivity contribution in [3.63, 3.8) is 0 Å². The van der Waals surface area contributed by atoms with Gasteiger partial charge in [0.1, 0.15) is 6.04 Å². The normalized spacial score (nSPS) is 14.7. The fourth-order valence-corrected chi connectivity index (χ4v) is 0.909. The smallest absolute Gasteiger partial charge is 0.328 e. The molecule has 0 aliphatic rings. The Labute approximate surface area is 84.0 Å². The van der Waals surface area contributed by atoms with Crippen LogP contribution in [0.25, 0.3) is 0 Å². The van der Waals surface area contributed by atoms with E-state index < -0.39 is 18.1 Å². The summed E-state index contributed by atoms with van der Waals surface area (Å²) in [6, 6.07) is -1.25. The highest BCUT2D eigenvalue weighted by atomic mass is 16.5. The van der Waals surface area contributed by atoms with Gasteiger partial charge in [-0.25, -0.2) is 4.79 Å². The van der Waals surface area contributed by atoms with Crippen molar-refractivity contribution in [3.05, 3.63) is 0 Å². The van der Waals surface area contributed by atoms with Crippen LogP contribution < -0.4 is 11.1 Å². The first-order valence-corrected chi connectivity index (χ1v) is 4.54. The summed E-state index contributed by atoms with van der Waals surface area (Å²) < 4.78 is 4.56. The van der Waals surface area contributed by atoms with Crippen molar-refractivity contribution in [1.29, 1.82) is 0 Å². The molecule has 0 aromatic heterocycles. The summed E-state index contributed by atoms with van der Waals surface area (Å²) in [6.45, 7) is 5.20. The molecule has 2 atom stereocenters. The molecule has 0 heterocycles. The zero-order valence-electron chi connectivity index (χ0n) is 9.03. The Hall–Kier alpha value is -1.10. The van der Waals surface area contributed by atoms with E-state index in [1.54, 1.807) is 6.92 Å². The monoisotopic (exact) mass is 202 g/mol. The summed E-state index contributed by atoms with van der Waals surface area (Å²) in [6.07, 6.45) is 0. The molecule has 0 aromatic rings. The van der Waals surface area contributed by atoms with Crippen LogP contribution >= 0.6 is 0 Å². The second kappa shape index (κ2) is 5.59. The Morgan fingerprint density at radius 1 is 1.29 bits per heavy atom. The highest BCUT2D eigenvalue weighted by molar-refractivity contribution is 5.87. The first-order chi connectivity index (χ1) is 6.40. The van der Waals surface area contributed by atoms with E-state index in [0.29, 0.717) is 0 Å².